The largest absolute Gasteiger partial charge is 0.457 e. The van der Waals surface area contributed by atoms with Gasteiger partial charge < -0.3 is 24.9 Å². The molecular weight excluding hydrogens is 418 g/mol. The van der Waals surface area contributed by atoms with Gasteiger partial charge in [0.25, 0.3) is 5.91 Å². The molecule has 0 aliphatic carbocycles. The minimum atomic E-state index is -1.77. The van der Waals surface area contributed by atoms with Gasteiger partial charge in [-0.1, -0.05) is 15.9 Å². The lowest BCUT2D eigenvalue weighted by atomic mass is 9.72. The first kappa shape index (κ1) is 17.3. The zero-order valence-corrected chi connectivity index (χ0v) is 15.5. The summed E-state index contributed by atoms with van der Waals surface area (Å²) in [7, 11) is 1.55. The Bertz CT molecular complexity index is 1150. The maximum atomic E-state index is 13.4. The van der Waals surface area contributed by atoms with Gasteiger partial charge in [0.15, 0.2) is 11.2 Å². The molecule has 4 rings (SSSR count). The van der Waals surface area contributed by atoms with Crippen molar-refractivity contribution in [2.75, 3.05) is 11.9 Å². The fourth-order valence-electron chi connectivity index (χ4n) is 3.59. The Morgan fingerprint density at radius 1 is 1.37 bits per heavy atom. The van der Waals surface area contributed by atoms with Crippen molar-refractivity contribution in [2.24, 2.45) is 5.73 Å². The Labute approximate surface area is 161 Å². The minimum Gasteiger partial charge on any atom is -0.457 e. The van der Waals surface area contributed by atoms with Crippen LogP contribution in [-0.2, 0) is 16.8 Å². The van der Waals surface area contributed by atoms with Crippen LogP contribution in [-0.4, -0.2) is 18.1 Å². The number of ether oxygens (including phenoxy) is 1. The van der Waals surface area contributed by atoms with Crippen LogP contribution in [0.1, 0.15) is 17.1 Å². The van der Waals surface area contributed by atoms with E-state index < -0.39 is 23.4 Å². The molecule has 1 spiro atoms. The molecule has 1 amide bonds. The van der Waals surface area contributed by atoms with Gasteiger partial charge in [-0.05, 0) is 18.2 Å². The van der Waals surface area contributed by atoms with E-state index in [1.54, 1.807) is 25.2 Å². The summed E-state index contributed by atoms with van der Waals surface area (Å²) in [5.74, 6) is -1.36. The third kappa shape index (κ3) is 2.05. The van der Waals surface area contributed by atoms with Gasteiger partial charge in [0, 0.05) is 28.8 Å². The van der Waals surface area contributed by atoms with Crippen molar-refractivity contribution < 1.29 is 19.1 Å². The maximum Gasteiger partial charge on any atom is 0.250 e. The Morgan fingerprint density at radius 2 is 2.11 bits per heavy atom. The van der Waals surface area contributed by atoms with Crippen molar-refractivity contribution in [3.63, 3.8) is 0 Å². The summed E-state index contributed by atoms with van der Waals surface area (Å²) < 4.78 is 11.7. The van der Waals surface area contributed by atoms with Gasteiger partial charge in [0.2, 0.25) is 17.1 Å². The highest BCUT2D eigenvalue weighted by Gasteiger charge is 2.61. The minimum absolute atomic E-state index is 0.0570. The maximum absolute atomic E-state index is 13.4. The molecule has 0 bridgehead atoms. The van der Waals surface area contributed by atoms with Gasteiger partial charge in [-0.2, -0.15) is 5.26 Å². The second-order valence-corrected chi connectivity index (χ2v) is 7.04. The van der Waals surface area contributed by atoms with Crippen molar-refractivity contribution in [3.8, 4) is 11.8 Å². The molecule has 27 heavy (non-hydrogen) atoms. The molecule has 0 saturated carbocycles. The van der Waals surface area contributed by atoms with E-state index in [4.69, 9.17) is 14.9 Å². The topological polar surface area (TPSA) is 130 Å². The molecule has 0 unspecified atom stereocenters. The zero-order chi connectivity index (χ0) is 19.5. The van der Waals surface area contributed by atoms with Gasteiger partial charge in [-0.25, -0.2) is 0 Å². The number of benzene rings is 1. The Kier molecular flexibility index (Phi) is 3.66. The number of aliphatic hydroxyl groups is 1. The Balaban J connectivity index is 2.22. The first-order chi connectivity index (χ1) is 12.9. The molecule has 3 N–H and O–H groups in total. The zero-order valence-electron chi connectivity index (χ0n) is 13.9. The number of hydrogen-bond donors (Lipinski definition) is 2. The van der Waals surface area contributed by atoms with Crippen LogP contribution in [0.2, 0.25) is 0 Å². The van der Waals surface area contributed by atoms with Gasteiger partial charge in [0.1, 0.15) is 24.0 Å². The highest BCUT2D eigenvalue weighted by molar-refractivity contribution is 9.10. The molecule has 1 atom stereocenters. The summed E-state index contributed by atoms with van der Waals surface area (Å²) in [6.45, 7) is -0.560. The van der Waals surface area contributed by atoms with E-state index in [2.05, 4.69) is 15.9 Å². The number of nitriles is 1. The number of rotatable bonds is 1. The summed E-state index contributed by atoms with van der Waals surface area (Å²) in [4.78, 5) is 27.3. The van der Waals surface area contributed by atoms with E-state index in [0.717, 1.165) is 6.07 Å². The van der Waals surface area contributed by atoms with Crippen molar-refractivity contribution in [1.82, 2.24) is 0 Å². The number of amides is 1. The molecule has 2 aliphatic heterocycles. The van der Waals surface area contributed by atoms with Crippen LogP contribution in [0.15, 0.2) is 49.4 Å². The first-order valence-corrected chi connectivity index (χ1v) is 8.60. The number of nitrogens with two attached hydrogens (primary N) is 1. The summed E-state index contributed by atoms with van der Waals surface area (Å²) >= 11 is 3.37. The number of nitrogens with zero attached hydrogens (tertiary/aromatic N) is 2. The SMILES string of the molecule is CN1C(=O)[C@]2(C(C#N)=C(N)Oc3c2oc(CO)cc3=O)c2cc(Br)ccc21. The summed E-state index contributed by atoms with van der Waals surface area (Å²) in [6, 6.07) is 8.12. The van der Waals surface area contributed by atoms with Crippen LogP contribution >= 0.6 is 15.9 Å². The van der Waals surface area contributed by atoms with Crippen LogP contribution in [0.3, 0.4) is 0 Å². The molecule has 136 valence electrons. The lowest BCUT2D eigenvalue weighted by Gasteiger charge is -2.32. The van der Waals surface area contributed by atoms with Gasteiger partial charge in [-0.15, -0.1) is 0 Å². The number of likely N-dealkylation sites (N-methyl/N-ethyl adjacent to an activating group) is 1. The van der Waals surface area contributed by atoms with E-state index in [1.807, 2.05) is 6.07 Å². The van der Waals surface area contributed by atoms with Crippen LogP contribution in [0.25, 0.3) is 0 Å². The van der Waals surface area contributed by atoms with Crippen LogP contribution in [0.5, 0.6) is 5.75 Å². The fourth-order valence-corrected chi connectivity index (χ4v) is 3.95. The van der Waals surface area contributed by atoms with E-state index in [0.29, 0.717) is 15.7 Å². The average molecular weight is 430 g/mol. The molecule has 3 heterocycles. The summed E-state index contributed by atoms with van der Waals surface area (Å²) in [6.07, 6.45) is 0. The highest BCUT2D eigenvalue weighted by atomic mass is 79.9. The van der Waals surface area contributed by atoms with Crippen molar-refractivity contribution >= 4 is 27.5 Å². The second-order valence-electron chi connectivity index (χ2n) is 6.12. The lowest BCUT2D eigenvalue weighted by molar-refractivity contribution is -0.121. The normalized spacial score (nSPS) is 20.4. The fraction of sp³-hybridized carbons (Fsp3) is 0.167. The van der Waals surface area contributed by atoms with Crippen molar-refractivity contribution in [2.45, 2.75) is 12.0 Å². The highest BCUT2D eigenvalue weighted by Crippen LogP contribution is 2.54. The number of carbonyl (C=O) groups excluding carboxylic acids is 1. The Hall–Kier alpha value is -3.09. The molecule has 8 nitrogen and oxygen atoms in total. The predicted molar refractivity (Wildman–Crippen MR) is 96.7 cm³/mol. The molecule has 1 aromatic heterocycles. The standard InChI is InChI=1S/C18H12BrN3O5/c1-22-12-3-2-8(19)4-10(12)18(17(22)25)11(6-20)16(21)27-14-13(24)5-9(7-23)26-15(14)18/h2-5,23H,7,21H2,1H3/t18-/m0/s1. The summed E-state index contributed by atoms with van der Waals surface area (Å²) in [5, 5.41) is 19.2. The average Bonchev–Trinajstić information content (AvgIpc) is 2.85. The molecular formula is C18H12BrN3O5. The quantitative estimate of drug-likeness (QED) is 0.697. The molecule has 0 radical (unpaired) electrons. The van der Waals surface area contributed by atoms with Crippen LogP contribution in [0, 0.1) is 11.3 Å². The van der Waals surface area contributed by atoms with E-state index in [-0.39, 0.29) is 28.7 Å². The van der Waals surface area contributed by atoms with E-state index in [9.17, 15) is 20.0 Å². The second kappa shape index (κ2) is 5.70. The van der Waals surface area contributed by atoms with E-state index >= 15 is 0 Å². The van der Waals surface area contributed by atoms with Crippen LogP contribution < -0.4 is 20.8 Å². The number of fused-ring (bicyclic) bond motifs is 4. The number of hydrogen-bond acceptors (Lipinski definition) is 7. The summed E-state index contributed by atoms with van der Waals surface area (Å²) in [5.41, 5.74) is 4.32. The van der Waals surface area contributed by atoms with Gasteiger partial charge >= 0.3 is 0 Å². The smallest absolute Gasteiger partial charge is 0.250 e. The van der Waals surface area contributed by atoms with Gasteiger partial charge in [0.05, 0.1) is 0 Å². The number of anilines is 1. The van der Waals surface area contributed by atoms with E-state index in [1.165, 1.54) is 4.90 Å². The van der Waals surface area contributed by atoms with Gasteiger partial charge in [-0.3, -0.25) is 9.59 Å². The lowest BCUT2D eigenvalue weighted by Crippen LogP contribution is -2.46. The van der Waals surface area contributed by atoms with Crippen molar-refractivity contribution in [3.05, 3.63) is 67.5 Å². The molecule has 0 fully saturated rings. The molecule has 1 aromatic carbocycles. The third-order valence-corrected chi connectivity index (χ3v) is 5.24. The molecule has 0 saturated heterocycles. The van der Waals surface area contributed by atoms with Crippen molar-refractivity contribution in [1.29, 1.82) is 5.26 Å². The number of aliphatic hydroxyl groups excluding tert-OH is 1. The number of carbonyl (C=O) groups is 1. The third-order valence-electron chi connectivity index (χ3n) is 4.75. The monoisotopic (exact) mass is 429 g/mol. The number of halogens is 1. The predicted octanol–water partition coefficient (Wildman–Crippen LogP) is 1.24. The Morgan fingerprint density at radius 3 is 2.78 bits per heavy atom. The molecule has 2 aliphatic rings. The van der Waals surface area contributed by atoms with Crippen LogP contribution in [0.4, 0.5) is 5.69 Å². The molecule has 9 heteroatoms. The molecule has 2 aromatic rings. The first-order valence-electron chi connectivity index (χ1n) is 7.81.